The number of benzene rings is 3. The summed E-state index contributed by atoms with van der Waals surface area (Å²) in [6.45, 7) is 6.05. The molecular weight excluding hydrogens is 455 g/mol. The van der Waals surface area contributed by atoms with Gasteiger partial charge in [0.2, 0.25) is 5.72 Å². The molecule has 0 fully saturated rings. The molecule has 0 aliphatic carbocycles. The second kappa shape index (κ2) is 9.09. The zero-order valence-electron chi connectivity index (χ0n) is 19.9. The number of aryl methyl sites for hydroxylation is 2. The summed E-state index contributed by atoms with van der Waals surface area (Å²) in [5, 5.41) is 7.58. The van der Waals surface area contributed by atoms with E-state index in [0.717, 1.165) is 22.0 Å². The van der Waals surface area contributed by atoms with Gasteiger partial charge in [0.05, 0.1) is 17.4 Å². The molecule has 1 atom stereocenters. The first-order chi connectivity index (χ1) is 16.5. The Hall–Kier alpha value is -3.81. The monoisotopic (exact) mass is 481 g/mol. The summed E-state index contributed by atoms with van der Waals surface area (Å²) in [5.41, 5.74) is 2.21. The van der Waals surface area contributed by atoms with Gasteiger partial charge in [0.15, 0.2) is 0 Å². The third-order valence-corrected chi connectivity index (χ3v) is 5.94. The van der Waals surface area contributed by atoms with Crippen LogP contribution in [0.2, 0.25) is 0 Å². The highest BCUT2D eigenvalue weighted by Gasteiger charge is 2.42. The van der Waals surface area contributed by atoms with E-state index in [0.29, 0.717) is 23.9 Å². The first kappa shape index (κ1) is 24.3. The molecule has 0 saturated carbocycles. The van der Waals surface area contributed by atoms with Gasteiger partial charge in [-0.2, -0.15) is 13.9 Å². The third-order valence-electron chi connectivity index (χ3n) is 5.94. The Kier molecular flexibility index (Phi) is 6.32. The zero-order chi connectivity index (χ0) is 25.4. The summed E-state index contributed by atoms with van der Waals surface area (Å²) >= 11 is 0. The van der Waals surface area contributed by atoms with E-state index in [9.17, 15) is 18.0 Å². The van der Waals surface area contributed by atoms with Crippen molar-refractivity contribution < 1.29 is 22.7 Å². The van der Waals surface area contributed by atoms with E-state index in [4.69, 9.17) is 4.74 Å². The van der Waals surface area contributed by atoms with Crippen LogP contribution in [0.15, 0.2) is 66.9 Å². The number of hydrogen-bond acceptors (Lipinski definition) is 3. The van der Waals surface area contributed by atoms with Crippen LogP contribution >= 0.6 is 0 Å². The van der Waals surface area contributed by atoms with Crippen LogP contribution in [-0.2, 0) is 10.5 Å². The van der Waals surface area contributed by atoms with E-state index in [2.05, 4.69) is 10.4 Å². The molecule has 4 aromatic rings. The predicted molar refractivity (Wildman–Crippen MR) is 128 cm³/mol. The maximum absolute atomic E-state index is 13.9. The fourth-order valence-electron chi connectivity index (χ4n) is 4.03. The Balaban J connectivity index is 1.77. The van der Waals surface area contributed by atoms with Gasteiger partial charge in [-0.05, 0) is 67.9 Å². The molecule has 0 bridgehead atoms. The molecular formula is C27H26F3N3O2. The van der Waals surface area contributed by atoms with Crippen LogP contribution in [0.4, 0.5) is 13.2 Å². The van der Waals surface area contributed by atoms with E-state index in [1.807, 2.05) is 32.0 Å². The number of nitrogens with one attached hydrogen (secondary N) is 1. The molecule has 8 heteroatoms. The smallest absolute Gasteiger partial charge is 0.322 e. The number of nitrogens with zero attached hydrogens (tertiary/aromatic N) is 2. The highest BCUT2D eigenvalue weighted by Crippen LogP contribution is 2.34. The number of rotatable bonds is 7. The summed E-state index contributed by atoms with van der Waals surface area (Å²) < 4.78 is 49.1. The van der Waals surface area contributed by atoms with E-state index < -0.39 is 17.6 Å². The van der Waals surface area contributed by atoms with Crippen LogP contribution in [-0.4, -0.2) is 21.6 Å². The van der Waals surface area contributed by atoms with E-state index in [-0.39, 0.29) is 12.2 Å². The van der Waals surface area contributed by atoms with Gasteiger partial charge in [0.25, 0.3) is 5.91 Å². The van der Waals surface area contributed by atoms with Gasteiger partial charge in [0, 0.05) is 24.3 Å². The van der Waals surface area contributed by atoms with Crippen molar-refractivity contribution in [3.05, 3.63) is 89.4 Å². The van der Waals surface area contributed by atoms with Crippen LogP contribution in [0.1, 0.15) is 37.0 Å². The van der Waals surface area contributed by atoms with E-state index in [1.54, 1.807) is 48.1 Å². The molecule has 5 nitrogen and oxygen atoms in total. The fourth-order valence-corrected chi connectivity index (χ4v) is 4.03. The molecule has 1 heterocycles. The Morgan fingerprint density at radius 3 is 2.43 bits per heavy atom. The van der Waals surface area contributed by atoms with Crippen LogP contribution in [0.25, 0.3) is 16.6 Å². The molecule has 182 valence electrons. The number of aromatic nitrogens is 2. The molecule has 35 heavy (non-hydrogen) atoms. The van der Waals surface area contributed by atoms with Crippen molar-refractivity contribution in [3.8, 4) is 11.4 Å². The number of halogens is 3. The van der Waals surface area contributed by atoms with Crippen LogP contribution in [0, 0.1) is 19.7 Å². The van der Waals surface area contributed by atoms with Crippen LogP contribution in [0.5, 0.6) is 5.75 Å². The molecule has 1 unspecified atom stereocenters. The number of fused-ring (bicyclic) bond motifs is 1. The lowest BCUT2D eigenvalue weighted by molar-refractivity contribution is -0.150. The summed E-state index contributed by atoms with van der Waals surface area (Å²) in [5.74, 6) is -4.98. The largest absolute Gasteiger partial charge is 0.464 e. The maximum Gasteiger partial charge on any atom is 0.322 e. The highest BCUT2D eigenvalue weighted by atomic mass is 19.3. The van der Waals surface area contributed by atoms with Crippen molar-refractivity contribution in [1.29, 1.82) is 0 Å². The number of carbonyl (C=O) groups is 1. The Morgan fingerprint density at radius 2 is 1.77 bits per heavy atom. The summed E-state index contributed by atoms with van der Waals surface area (Å²) in [4.78, 5) is 12.4. The van der Waals surface area contributed by atoms with Gasteiger partial charge in [-0.1, -0.05) is 24.6 Å². The normalized spacial score (nSPS) is 13.5. The number of carbonyl (C=O) groups excluding carboxylic acids is 1. The SMILES string of the molecule is CCC(NC(=O)C(C)(F)F)(Oc1ccc2c(cnn2-c2ccc(F)cc2)c1)c1cc(C)ccc1C. The van der Waals surface area contributed by atoms with Gasteiger partial charge in [-0.3, -0.25) is 4.79 Å². The lowest BCUT2D eigenvalue weighted by Gasteiger charge is -2.37. The van der Waals surface area contributed by atoms with Crippen molar-refractivity contribution >= 4 is 16.8 Å². The Labute approximate surface area is 201 Å². The van der Waals surface area contributed by atoms with Crippen molar-refractivity contribution in [1.82, 2.24) is 15.1 Å². The van der Waals surface area contributed by atoms with Crippen molar-refractivity contribution in [2.24, 2.45) is 0 Å². The predicted octanol–water partition coefficient (Wildman–Crippen LogP) is 6.19. The molecule has 4 rings (SSSR count). The first-order valence-corrected chi connectivity index (χ1v) is 11.2. The van der Waals surface area contributed by atoms with Gasteiger partial charge in [-0.25, -0.2) is 9.07 Å². The minimum atomic E-state index is -3.58. The molecule has 3 aromatic carbocycles. The Bertz CT molecular complexity index is 1380. The second-order valence-corrected chi connectivity index (χ2v) is 8.70. The van der Waals surface area contributed by atoms with Crippen molar-refractivity contribution in [2.45, 2.75) is 45.8 Å². The maximum atomic E-state index is 13.9. The van der Waals surface area contributed by atoms with Gasteiger partial charge in [0.1, 0.15) is 11.6 Å². The Morgan fingerprint density at radius 1 is 1.06 bits per heavy atom. The third kappa shape index (κ3) is 4.87. The number of alkyl halides is 2. The van der Waals surface area contributed by atoms with Gasteiger partial charge < -0.3 is 10.1 Å². The molecule has 1 aromatic heterocycles. The quantitative estimate of drug-likeness (QED) is 0.320. The van der Waals surface area contributed by atoms with Crippen LogP contribution in [0.3, 0.4) is 0 Å². The van der Waals surface area contributed by atoms with Crippen molar-refractivity contribution in [3.63, 3.8) is 0 Å². The fraction of sp³-hybridized carbons (Fsp3) is 0.259. The molecule has 0 radical (unpaired) electrons. The lowest BCUT2D eigenvalue weighted by Crippen LogP contribution is -2.54. The van der Waals surface area contributed by atoms with Gasteiger partial charge in [-0.15, -0.1) is 0 Å². The van der Waals surface area contributed by atoms with E-state index >= 15 is 0 Å². The average molecular weight is 482 g/mol. The lowest BCUT2D eigenvalue weighted by atomic mass is 9.93. The first-order valence-electron chi connectivity index (χ1n) is 11.2. The molecule has 1 N–H and O–H groups in total. The van der Waals surface area contributed by atoms with Crippen molar-refractivity contribution in [2.75, 3.05) is 0 Å². The number of hydrogen-bond donors (Lipinski definition) is 1. The summed E-state index contributed by atoms with van der Waals surface area (Å²) in [6.07, 6.45) is 1.84. The summed E-state index contributed by atoms with van der Waals surface area (Å²) in [6, 6.07) is 16.8. The second-order valence-electron chi connectivity index (χ2n) is 8.70. The molecule has 0 aliphatic heterocycles. The van der Waals surface area contributed by atoms with Crippen LogP contribution < -0.4 is 10.1 Å². The number of ether oxygens (including phenoxy) is 1. The zero-order valence-corrected chi connectivity index (χ0v) is 19.9. The van der Waals surface area contributed by atoms with E-state index in [1.165, 1.54) is 12.1 Å². The van der Waals surface area contributed by atoms with Gasteiger partial charge >= 0.3 is 5.92 Å². The minimum Gasteiger partial charge on any atom is -0.464 e. The minimum absolute atomic E-state index is 0.200. The molecule has 0 aliphatic rings. The topological polar surface area (TPSA) is 56.1 Å². The average Bonchev–Trinajstić information content (AvgIpc) is 3.23. The standard InChI is InChI=1S/C27H26F3N3O2/c1-5-27(32-25(34)26(4,29)30,23-14-17(2)6-7-18(23)3)35-22-12-13-24-19(15-22)16-31-33(24)21-10-8-20(28)9-11-21/h6-16H,5H2,1-4H3,(H,32,34). The molecule has 0 saturated heterocycles. The molecule has 1 amide bonds. The summed E-state index contributed by atoms with van der Waals surface area (Å²) in [7, 11) is 0. The number of amides is 1. The highest BCUT2D eigenvalue weighted by molar-refractivity contribution is 5.84. The molecule has 0 spiro atoms.